The van der Waals surface area contributed by atoms with Crippen LogP contribution in [0.1, 0.15) is 18.9 Å². The van der Waals surface area contributed by atoms with E-state index in [1.165, 1.54) is 11.0 Å². The summed E-state index contributed by atoms with van der Waals surface area (Å²) in [5.74, 6) is 0.309. The normalized spacial score (nSPS) is 15.0. The van der Waals surface area contributed by atoms with Gasteiger partial charge in [-0.05, 0) is 43.3 Å². The Bertz CT molecular complexity index is 1120. The van der Waals surface area contributed by atoms with Crippen LogP contribution in [0, 0.1) is 5.82 Å². The quantitative estimate of drug-likeness (QED) is 0.593. The second-order valence-corrected chi connectivity index (χ2v) is 7.42. The standard InChI is InChI=1S/C25H23FN2O4/c1-17-25(30)28(16-18-7-5-6-10-21(18)26)22-15-19(11-12-23(22)32-17)27-24(29)13-14-31-20-8-3-2-4-9-20/h2-12,15,17H,13-14,16H2,1H3,(H,27,29). The SMILES string of the molecule is CC1Oc2ccc(NC(=O)CCOc3ccccc3)cc2N(Cc2ccccc2F)C1=O. The summed E-state index contributed by atoms with van der Waals surface area (Å²) in [6.45, 7) is 1.95. The minimum absolute atomic E-state index is 0.0640. The molecule has 1 aliphatic heterocycles. The first kappa shape index (κ1) is 21.4. The van der Waals surface area contributed by atoms with Crippen LogP contribution in [0.5, 0.6) is 11.5 Å². The predicted molar refractivity (Wildman–Crippen MR) is 119 cm³/mol. The summed E-state index contributed by atoms with van der Waals surface area (Å²) >= 11 is 0. The van der Waals surface area contributed by atoms with Crippen molar-refractivity contribution in [3.63, 3.8) is 0 Å². The number of nitrogens with one attached hydrogen (secondary N) is 1. The molecule has 0 aromatic heterocycles. The Labute approximate surface area is 185 Å². The number of carbonyl (C=O) groups excluding carboxylic acids is 2. The number of halogens is 1. The zero-order valence-corrected chi connectivity index (χ0v) is 17.6. The highest BCUT2D eigenvalue weighted by Gasteiger charge is 2.32. The lowest BCUT2D eigenvalue weighted by molar-refractivity contribution is -0.125. The van der Waals surface area contributed by atoms with Crippen LogP contribution in [0.3, 0.4) is 0 Å². The maximum absolute atomic E-state index is 14.2. The second-order valence-electron chi connectivity index (χ2n) is 7.42. The molecule has 0 saturated heterocycles. The zero-order valence-electron chi connectivity index (χ0n) is 17.6. The van der Waals surface area contributed by atoms with E-state index in [0.29, 0.717) is 28.4 Å². The highest BCUT2D eigenvalue weighted by molar-refractivity contribution is 6.01. The van der Waals surface area contributed by atoms with E-state index in [2.05, 4.69) is 5.32 Å². The van der Waals surface area contributed by atoms with Gasteiger partial charge >= 0.3 is 0 Å². The molecule has 32 heavy (non-hydrogen) atoms. The molecule has 0 spiro atoms. The first-order chi connectivity index (χ1) is 15.5. The lowest BCUT2D eigenvalue weighted by atomic mass is 10.1. The molecule has 2 amide bonds. The minimum Gasteiger partial charge on any atom is -0.493 e. The molecule has 3 aromatic carbocycles. The summed E-state index contributed by atoms with van der Waals surface area (Å²) in [5.41, 5.74) is 1.39. The lowest BCUT2D eigenvalue weighted by Gasteiger charge is -2.33. The smallest absolute Gasteiger partial charge is 0.268 e. The van der Waals surface area contributed by atoms with Crippen LogP contribution < -0.4 is 19.7 Å². The Balaban J connectivity index is 1.46. The van der Waals surface area contributed by atoms with E-state index in [9.17, 15) is 14.0 Å². The lowest BCUT2D eigenvalue weighted by Crippen LogP contribution is -2.44. The van der Waals surface area contributed by atoms with Gasteiger partial charge < -0.3 is 19.7 Å². The Hall–Kier alpha value is -3.87. The van der Waals surface area contributed by atoms with E-state index < -0.39 is 6.10 Å². The average molecular weight is 434 g/mol. The van der Waals surface area contributed by atoms with Gasteiger partial charge in [-0.3, -0.25) is 9.59 Å². The monoisotopic (exact) mass is 434 g/mol. The van der Waals surface area contributed by atoms with E-state index in [1.807, 2.05) is 30.3 Å². The van der Waals surface area contributed by atoms with Crippen LogP contribution in [0.15, 0.2) is 72.8 Å². The number of rotatable bonds is 7. The van der Waals surface area contributed by atoms with Crippen molar-refractivity contribution in [2.45, 2.75) is 26.0 Å². The predicted octanol–water partition coefficient (Wildman–Crippen LogP) is 4.55. The van der Waals surface area contributed by atoms with Crippen molar-refractivity contribution >= 4 is 23.2 Å². The fourth-order valence-corrected chi connectivity index (χ4v) is 3.45. The summed E-state index contributed by atoms with van der Waals surface area (Å²) in [6.07, 6.45) is -0.526. The number of carbonyl (C=O) groups is 2. The zero-order chi connectivity index (χ0) is 22.5. The second kappa shape index (κ2) is 9.51. The summed E-state index contributed by atoms with van der Waals surface area (Å²) in [6, 6.07) is 20.7. The third-order valence-electron chi connectivity index (χ3n) is 5.08. The molecule has 4 rings (SSSR count). The molecule has 0 radical (unpaired) electrons. The number of para-hydroxylation sites is 1. The van der Waals surface area contributed by atoms with Gasteiger partial charge in [-0.1, -0.05) is 36.4 Å². The van der Waals surface area contributed by atoms with Crippen molar-refractivity contribution in [2.24, 2.45) is 0 Å². The number of anilines is 2. The van der Waals surface area contributed by atoms with Gasteiger partial charge in [0.25, 0.3) is 5.91 Å². The van der Waals surface area contributed by atoms with Crippen molar-refractivity contribution in [3.8, 4) is 11.5 Å². The number of benzene rings is 3. The van der Waals surface area contributed by atoms with E-state index in [4.69, 9.17) is 9.47 Å². The summed E-state index contributed by atoms with van der Waals surface area (Å²) in [5, 5.41) is 2.81. The summed E-state index contributed by atoms with van der Waals surface area (Å²) in [4.78, 5) is 26.6. The Morgan fingerprint density at radius 3 is 2.62 bits per heavy atom. The highest BCUT2D eigenvalue weighted by atomic mass is 19.1. The molecule has 0 fully saturated rings. The fraction of sp³-hybridized carbons (Fsp3) is 0.200. The Morgan fingerprint density at radius 2 is 1.84 bits per heavy atom. The van der Waals surface area contributed by atoms with Crippen molar-refractivity contribution in [2.75, 3.05) is 16.8 Å². The van der Waals surface area contributed by atoms with Crippen molar-refractivity contribution in [3.05, 3.63) is 84.2 Å². The molecule has 0 aliphatic carbocycles. The van der Waals surface area contributed by atoms with Crippen LogP contribution in [-0.2, 0) is 16.1 Å². The number of nitrogens with zero attached hydrogens (tertiary/aromatic N) is 1. The topological polar surface area (TPSA) is 67.9 Å². The maximum atomic E-state index is 14.2. The Morgan fingerprint density at radius 1 is 1.09 bits per heavy atom. The third-order valence-corrected chi connectivity index (χ3v) is 5.08. The van der Waals surface area contributed by atoms with E-state index in [0.717, 1.165) is 0 Å². The van der Waals surface area contributed by atoms with Crippen LogP contribution >= 0.6 is 0 Å². The molecule has 1 heterocycles. The van der Waals surface area contributed by atoms with Gasteiger partial charge in [0.1, 0.15) is 17.3 Å². The molecular weight excluding hydrogens is 411 g/mol. The molecule has 1 N–H and O–H groups in total. The minimum atomic E-state index is -0.690. The number of hydrogen-bond acceptors (Lipinski definition) is 4. The summed E-state index contributed by atoms with van der Waals surface area (Å²) in [7, 11) is 0. The molecule has 3 aromatic rings. The molecular formula is C25H23FN2O4. The van der Waals surface area contributed by atoms with Gasteiger partial charge in [0.2, 0.25) is 5.91 Å². The molecule has 6 nitrogen and oxygen atoms in total. The Kier molecular flexibility index (Phi) is 6.35. The van der Waals surface area contributed by atoms with Crippen molar-refractivity contribution < 1.29 is 23.5 Å². The summed E-state index contributed by atoms with van der Waals surface area (Å²) < 4.78 is 25.5. The first-order valence-electron chi connectivity index (χ1n) is 10.3. The van der Waals surface area contributed by atoms with Crippen LogP contribution in [-0.4, -0.2) is 24.5 Å². The molecule has 0 bridgehead atoms. The van der Waals surface area contributed by atoms with Gasteiger partial charge in [0.15, 0.2) is 6.10 Å². The number of ether oxygens (including phenoxy) is 2. The van der Waals surface area contributed by atoms with Crippen LogP contribution in [0.2, 0.25) is 0 Å². The largest absolute Gasteiger partial charge is 0.493 e. The molecule has 7 heteroatoms. The molecule has 1 unspecified atom stereocenters. The van der Waals surface area contributed by atoms with E-state index >= 15 is 0 Å². The van der Waals surface area contributed by atoms with E-state index in [1.54, 1.807) is 43.3 Å². The number of amides is 2. The average Bonchev–Trinajstić information content (AvgIpc) is 2.79. The van der Waals surface area contributed by atoms with Crippen LogP contribution in [0.4, 0.5) is 15.8 Å². The van der Waals surface area contributed by atoms with Crippen molar-refractivity contribution in [1.29, 1.82) is 0 Å². The van der Waals surface area contributed by atoms with Gasteiger partial charge in [0.05, 0.1) is 25.3 Å². The van der Waals surface area contributed by atoms with Crippen molar-refractivity contribution in [1.82, 2.24) is 0 Å². The van der Waals surface area contributed by atoms with Gasteiger partial charge in [0, 0.05) is 11.3 Å². The molecule has 1 atom stereocenters. The number of hydrogen-bond donors (Lipinski definition) is 1. The maximum Gasteiger partial charge on any atom is 0.268 e. The number of fused-ring (bicyclic) bond motifs is 1. The third kappa shape index (κ3) is 4.88. The molecule has 1 aliphatic rings. The molecule has 0 saturated carbocycles. The van der Waals surface area contributed by atoms with Gasteiger partial charge in [-0.25, -0.2) is 4.39 Å². The van der Waals surface area contributed by atoms with Gasteiger partial charge in [-0.15, -0.1) is 0 Å². The van der Waals surface area contributed by atoms with Gasteiger partial charge in [-0.2, -0.15) is 0 Å². The van der Waals surface area contributed by atoms with Crippen LogP contribution in [0.25, 0.3) is 0 Å². The first-order valence-corrected chi connectivity index (χ1v) is 10.3. The van der Waals surface area contributed by atoms with E-state index in [-0.39, 0.29) is 37.2 Å². The molecule has 164 valence electrons. The highest BCUT2D eigenvalue weighted by Crippen LogP contribution is 2.37. The fourth-order valence-electron chi connectivity index (χ4n) is 3.45.